The first-order valence-corrected chi connectivity index (χ1v) is 5.32. The van der Waals surface area contributed by atoms with Crippen molar-refractivity contribution >= 4 is 11.5 Å². The number of aromatic nitrogens is 1. The number of nitrogens with two attached hydrogens (primary N) is 1. The molecule has 0 saturated carbocycles. The minimum atomic E-state index is 0.0843. The van der Waals surface area contributed by atoms with E-state index in [-0.39, 0.29) is 5.84 Å². The summed E-state index contributed by atoms with van der Waals surface area (Å²) in [6, 6.07) is 1.72. The molecule has 17 heavy (non-hydrogen) atoms. The summed E-state index contributed by atoms with van der Waals surface area (Å²) < 4.78 is 5.00. The van der Waals surface area contributed by atoms with Crippen LogP contribution in [0.25, 0.3) is 0 Å². The van der Waals surface area contributed by atoms with E-state index in [0.717, 1.165) is 18.7 Å². The number of hydrogen-bond donors (Lipinski definition) is 2. The molecule has 0 aromatic carbocycles. The molecule has 0 saturated heterocycles. The highest BCUT2D eigenvalue weighted by molar-refractivity contribution is 6.01. The monoisotopic (exact) mass is 238 g/mol. The van der Waals surface area contributed by atoms with Crippen LogP contribution >= 0.6 is 0 Å². The fraction of sp³-hybridized carbons (Fsp3) is 0.455. The van der Waals surface area contributed by atoms with E-state index in [1.165, 1.54) is 0 Å². The van der Waals surface area contributed by atoms with Crippen molar-refractivity contribution in [2.75, 3.05) is 32.2 Å². The van der Waals surface area contributed by atoms with Crippen molar-refractivity contribution in [3.05, 3.63) is 24.0 Å². The molecule has 0 fully saturated rings. The van der Waals surface area contributed by atoms with Gasteiger partial charge in [-0.1, -0.05) is 5.16 Å². The number of oxime groups is 1. The van der Waals surface area contributed by atoms with Gasteiger partial charge in [-0.3, -0.25) is 4.98 Å². The molecule has 94 valence electrons. The van der Waals surface area contributed by atoms with Crippen molar-refractivity contribution < 1.29 is 9.94 Å². The summed E-state index contributed by atoms with van der Waals surface area (Å²) in [5, 5.41) is 11.7. The summed E-state index contributed by atoms with van der Waals surface area (Å²) >= 11 is 0. The van der Waals surface area contributed by atoms with E-state index in [0.29, 0.717) is 12.2 Å². The number of methoxy groups -OCH3 is 1. The average molecular weight is 238 g/mol. The van der Waals surface area contributed by atoms with E-state index in [4.69, 9.17) is 15.7 Å². The topological polar surface area (TPSA) is 84.0 Å². The maximum Gasteiger partial charge on any atom is 0.172 e. The molecule has 0 aliphatic rings. The highest BCUT2D eigenvalue weighted by atomic mass is 16.5. The lowest BCUT2D eigenvalue weighted by molar-refractivity contribution is 0.196. The zero-order chi connectivity index (χ0) is 12.7. The Balaban J connectivity index is 2.82. The lowest BCUT2D eigenvalue weighted by Gasteiger charge is -2.21. The smallest absolute Gasteiger partial charge is 0.172 e. The first-order valence-electron chi connectivity index (χ1n) is 5.32. The maximum absolute atomic E-state index is 8.71. The van der Waals surface area contributed by atoms with Crippen LogP contribution in [0.3, 0.4) is 0 Å². The van der Waals surface area contributed by atoms with Gasteiger partial charge >= 0.3 is 0 Å². The molecule has 0 radical (unpaired) electrons. The molecule has 0 unspecified atom stereocenters. The summed E-state index contributed by atoms with van der Waals surface area (Å²) in [7, 11) is 3.60. The molecular formula is C11H18N4O2. The highest BCUT2D eigenvalue weighted by Gasteiger charge is 2.10. The van der Waals surface area contributed by atoms with E-state index in [9.17, 15) is 0 Å². The molecule has 6 nitrogen and oxygen atoms in total. The Morgan fingerprint density at radius 2 is 2.41 bits per heavy atom. The molecule has 0 aliphatic carbocycles. The first-order chi connectivity index (χ1) is 8.20. The van der Waals surface area contributed by atoms with E-state index in [2.05, 4.69) is 10.1 Å². The van der Waals surface area contributed by atoms with Gasteiger partial charge in [-0.25, -0.2) is 0 Å². The largest absolute Gasteiger partial charge is 0.409 e. The number of rotatable bonds is 6. The molecule has 3 N–H and O–H groups in total. The number of ether oxygens (including phenoxy) is 1. The van der Waals surface area contributed by atoms with Crippen LogP contribution in [0.2, 0.25) is 0 Å². The van der Waals surface area contributed by atoms with Crippen LogP contribution in [0.4, 0.5) is 5.69 Å². The van der Waals surface area contributed by atoms with Gasteiger partial charge in [0.05, 0.1) is 11.9 Å². The molecule has 6 heteroatoms. The van der Waals surface area contributed by atoms with E-state index >= 15 is 0 Å². The average Bonchev–Trinajstić information content (AvgIpc) is 2.38. The molecule has 0 aliphatic heterocycles. The summed E-state index contributed by atoms with van der Waals surface area (Å²) in [6.45, 7) is 1.51. The molecule has 0 spiro atoms. The zero-order valence-electron chi connectivity index (χ0n) is 10.1. The molecule has 0 amide bonds. The normalized spacial score (nSPS) is 11.5. The van der Waals surface area contributed by atoms with Crippen molar-refractivity contribution in [3.8, 4) is 0 Å². The van der Waals surface area contributed by atoms with Crippen LogP contribution in [0.1, 0.15) is 12.0 Å². The van der Waals surface area contributed by atoms with Crippen LogP contribution in [0, 0.1) is 0 Å². The lowest BCUT2D eigenvalue weighted by atomic mass is 10.2. The second-order valence-electron chi connectivity index (χ2n) is 3.65. The molecule has 1 aromatic heterocycles. The van der Waals surface area contributed by atoms with Gasteiger partial charge in [0.2, 0.25) is 0 Å². The fourth-order valence-electron chi connectivity index (χ4n) is 1.53. The Morgan fingerprint density at radius 1 is 1.65 bits per heavy atom. The van der Waals surface area contributed by atoms with Gasteiger partial charge in [-0.2, -0.15) is 0 Å². The standard InChI is InChI=1S/C11H18N4O2/c1-15(6-3-7-17-2)10-8-13-5-4-9(10)11(12)14-16/h4-5,8,16H,3,6-7H2,1-2H3,(H2,12,14). The van der Waals surface area contributed by atoms with Crippen molar-refractivity contribution in [3.63, 3.8) is 0 Å². The number of pyridine rings is 1. The van der Waals surface area contributed by atoms with Gasteiger partial charge in [-0.05, 0) is 12.5 Å². The first kappa shape index (κ1) is 13.2. The van der Waals surface area contributed by atoms with Crippen molar-refractivity contribution in [2.45, 2.75) is 6.42 Å². The van der Waals surface area contributed by atoms with Crippen LogP contribution in [-0.2, 0) is 4.74 Å². The van der Waals surface area contributed by atoms with Crippen molar-refractivity contribution in [2.24, 2.45) is 10.9 Å². The van der Waals surface area contributed by atoms with E-state index in [1.54, 1.807) is 25.6 Å². The van der Waals surface area contributed by atoms with Crippen molar-refractivity contribution in [1.82, 2.24) is 4.98 Å². The predicted octanol–water partition coefficient (Wildman–Crippen LogP) is 0.649. The molecular weight excluding hydrogens is 220 g/mol. The van der Waals surface area contributed by atoms with Crippen LogP contribution < -0.4 is 10.6 Å². The summed E-state index contributed by atoms with van der Waals surface area (Å²) in [5.41, 5.74) is 7.11. The van der Waals surface area contributed by atoms with Crippen LogP contribution in [-0.4, -0.2) is 43.3 Å². The minimum Gasteiger partial charge on any atom is -0.409 e. The van der Waals surface area contributed by atoms with Gasteiger partial charge < -0.3 is 20.6 Å². The van der Waals surface area contributed by atoms with E-state index < -0.39 is 0 Å². The highest BCUT2D eigenvalue weighted by Crippen LogP contribution is 2.17. The maximum atomic E-state index is 8.71. The molecule has 1 heterocycles. The molecule has 0 bridgehead atoms. The third kappa shape index (κ3) is 3.60. The summed E-state index contributed by atoms with van der Waals surface area (Å²) in [5.74, 6) is 0.0843. The quantitative estimate of drug-likeness (QED) is 0.250. The second-order valence-corrected chi connectivity index (χ2v) is 3.65. The number of anilines is 1. The SMILES string of the molecule is COCCCN(C)c1cnccc1/C(N)=N/O. The van der Waals surface area contributed by atoms with Gasteiger partial charge in [0.15, 0.2) is 5.84 Å². The Hall–Kier alpha value is -1.82. The van der Waals surface area contributed by atoms with Gasteiger partial charge in [0.1, 0.15) is 0 Å². The molecule has 0 atom stereocenters. The summed E-state index contributed by atoms with van der Waals surface area (Å²) in [4.78, 5) is 6.05. The molecule has 1 aromatic rings. The Bertz CT molecular complexity index is 381. The lowest BCUT2D eigenvalue weighted by Crippen LogP contribution is -2.24. The Morgan fingerprint density at radius 3 is 3.06 bits per heavy atom. The van der Waals surface area contributed by atoms with Gasteiger partial charge in [-0.15, -0.1) is 0 Å². The minimum absolute atomic E-state index is 0.0843. The Labute approximate surface area is 101 Å². The third-order valence-corrected chi connectivity index (χ3v) is 2.44. The van der Waals surface area contributed by atoms with Crippen LogP contribution in [0.15, 0.2) is 23.6 Å². The zero-order valence-corrected chi connectivity index (χ0v) is 10.1. The van der Waals surface area contributed by atoms with Gasteiger partial charge in [0.25, 0.3) is 0 Å². The van der Waals surface area contributed by atoms with Crippen molar-refractivity contribution in [1.29, 1.82) is 0 Å². The second kappa shape index (κ2) is 6.70. The Kier molecular flexibility index (Phi) is 5.22. The summed E-state index contributed by atoms with van der Waals surface area (Å²) in [6.07, 6.45) is 4.21. The van der Waals surface area contributed by atoms with Gasteiger partial charge in [0, 0.05) is 39.1 Å². The third-order valence-electron chi connectivity index (χ3n) is 2.44. The van der Waals surface area contributed by atoms with Crippen LogP contribution in [0.5, 0.6) is 0 Å². The molecule has 1 rings (SSSR count). The number of nitrogens with zero attached hydrogens (tertiary/aromatic N) is 3. The number of amidine groups is 1. The number of hydrogen-bond acceptors (Lipinski definition) is 5. The predicted molar refractivity (Wildman–Crippen MR) is 66.5 cm³/mol. The van der Waals surface area contributed by atoms with E-state index in [1.807, 2.05) is 11.9 Å². The fourth-order valence-corrected chi connectivity index (χ4v) is 1.53.